The molecular formula is C23H14F9NO2. The second kappa shape index (κ2) is 8.28. The molecule has 0 fully saturated rings. The smallest absolute Gasteiger partial charge is 0.406 e. The van der Waals surface area contributed by atoms with Gasteiger partial charge >= 0.3 is 18.9 Å². The molecule has 3 nitrogen and oxygen atoms in total. The molecule has 1 N–H and O–H groups in total. The van der Waals surface area contributed by atoms with Crippen molar-refractivity contribution in [1.29, 1.82) is 0 Å². The number of fused-ring (bicyclic) bond motifs is 1. The number of ether oxygens (including phenoxy) is 2. The monoisotopic (exact) mass is 507 g/mol. The van der Waals surface area contributed by atoms with Crippen LogP contribution < -0.4 is 14.8 Å². The Morgan fingerprint density at radius 3 is 1.49 bits per heavy atom. The number of benzene rings is 3. The number of anilines is 1. The molecule has 12 heteroatoms. The first-order valence-corrected chi connectivity index (χ1v) is 9.86. The van der Waals surface area contributed by atoms with Gasteiger partial charge in [-0.3, -0.25) is 0 Å². The number of nitrogens with one attached hydrogen (secondary N) is 1. The maximum Gasteiger partial charge on any atom is 0.573 e. The highest BCUT2D eigenvalue weighted by Gasteiger charge is 2.46. The minimum Gasteiger partial charge on any atom is -0.406 e. The van der Waals surface area contributed by atoms with Crippen LogP contribution >= 0.6 is 0 Å². The van der Waals surface area contributed by atoms with Gasteiger partial charge in [0.05, 0.1) is 16.7 Å². The van der Waals surface area contributed by atoms with Gasteiger partial charge in [0.1, 0.15) is 11.5 Å². The van der Waals surface area contributed by atoms with Crippen LogP contribution in [-0.4, -0.2) is 19.3 Å². The largest absolute Gasteiger partial charge is 0.573 e. The minimum atomic E-state index is -4.95. The van der Waals surface area contributed by atoms with Crippen molar-refractivity contribution in [2.45, 2.75) is 24.3 Å². The SMILES string of the molecule is FC(F)(F)Oc1ccc(C2(c3ccc(OC(F)(F)F)cc3)CNc3c(C(F)(F)F)cccc32)cc1. The zero-order valence-corrected chi connectivity index (χ0v) is 17.3. The van der Waals surface area contributed by atoms with Gasteiger partial charge < -0.3 is 14.8 Å². The van der Waals surface area contributed by atoms with Gasteiger partial charge in [-0.25, -0.2) is 0 Å². The lowest BCUT2D eigenvalue weighted by molar-refractivity contribution is -0.275. The molecule has 35 heavy (non-hydrogen) atoms. The molecule has 1 heterocycles. The van der Waals surface area contributed by atoms with Crippen LogP contribution in [0.1, 0.15) is 22.3 Å². The van der Waals surface area contributed by atoms with E-state index in [0.717, 1.165) is 30.3 Å². The van der Waals surface area contributed by atoms with E-state index in [1.54, 1.807) is 0 Å². The standard InChI is InChI=1S/C23H14F9NO2/c24-21(25,26)18-3-1-2-17-19(18)33-12-20(17,13-4-8-15(9-5-13)34-22(27,28)29)14-6-10-16(11-7-14)35-23(30,31)32/h1-11,33H,12H2. The first-order chi connectivity index (χ1) is 16.2. The van der Waals surface area contributed by atoms with Gasteiger partial charge in [0, 0.05) is 6.54 Å². The van der Waals surface area contributed by atoms with Crippen molar-refractivity contribution >= 4 is 5.69 Å². The van der Waals surface area contributed by atoms with E-state index in [-0.39, 0.29) is 17.8 Å². The molecule has 0 bridgehead atoms. The summed E-state index contributed by atoms with van der Waals surface area (Å²) in [6.07, 6.45) is -14.6. The van der Waals surface area contributed by atoms with E-state index in [4.69, 9.17) is 0 Å². The molecule has 0 aliphatic carbocycles. The molecule has 0 atom stereocenters. The zero-order chi connectivity index (χ0) is 25.6. The van der Waals surface area contributed by atoms with Crippen molar-refractivity contribution in [3.63, 3.8) is 0 Å². The average molecular weight is 507 g/mol. The Morgan fingerprint density at radius 1 is 0.629 bits per heavy atom. The van der Waals surface area contributed by atoms with Crippen LogP contribution in [0.4, 0.5) is 45.2 Å². The summed E-state index contributed by atoms with van der Waals surface area (Å²) in [5.41, 5.74) is -1.81. The highest BCUT2D eigenvalue weighted by Crippen LogP contribution is 2.51. The second-order valence-electron chi connectivity index (χ2n) is 7.63. The maximum atomic E-state index is 13.6. The number of hydrogen-bond acceptors (Lipinski definition) is 3. The average Bonchev–Trinajstić information content (AvgIpc) is 3.12. The normalized spacial score (nSPS) is 15.3. The van der Waals surface area contributed by atoms with E-state index in [2.05, 4.69) is 14.8 Å². The van der Waals surface area contributed by atoms with Crippen LogP contribution in [0.2, 0.25) is 0 Å². The number of para-hydroxylation sites is 1. The van der Waals surface area contributed by atoms with Crippen molar-refractivity contribution in [1.82, 2.24) is 0 Å². The molecule has 0 saturated carbocycles. The highest BCUT2D eigenvalue weighted by molar-refractivity contribution is 5.72. The van der Waals surface area contributed by atoms with Crippen LogP contribution in [0.15, 0.2) is 66.7 Å². The van der Waals surface area contributed by atoms with E-state index in [0.29, 0.717) is 11.1 Å². The Kier molecular flexibility index (Phi) is 5.81. The van der Waals surface area contributed by atoms with E-state index in [1.807, 2.05) is 0 Å². The Balaban J connectivity index is 1.86. The van der Waals surface area contributed by atoms with E-state index in [9.17, 15) is 39.5 Å². The predicted molar refractivity (Wildman–Crippen MR) is 106 cm³/mol. The Morgan fingerprint density at radius 2 is 1.09 bits per heavy atom. The first kappa shape index (κ1) is 24.6. The van der Waals surface area contributed by atoms with Gasteiger partial charge in [-0.1, -0.05) is 36.4 Å². The van der Waals surface area contributed by atoms with E-state index >= 15 is 0 Å². The van der Waals surface area contributed by atoms with Crippen molar-refractivity contribution in [2.24, 2.45) is 0 Å². The summed E-state index contributed by atoms with van der Waals surface area (Å²) in [6, 6.07) is 12.6. The number of rotatable bonds is 4. The second-order valence-corrected chi connectivity index (χ2v) is 7.63. The maximum absolute atomic E-state index is 13.6. The lowest BCUT2D eigenvalue weighted by atomic mass is 9.70. The predicted octanol–water partition coefficient (Wildman–Crippen LogP) is 7.26. The molecule has 3 aromatic rings. The zero-order valence-electron chi connectivity index (χ0n) is 17.3. The van der Waals surface area contributed by atoms with Crippen LogP contribution in [-0.2, 0) is 11.6 Å². The Hall–Kier alpha value is -3.57. The molecule has 0 spiro atoms. The third-order valence-electron chi connectivity index (χ3n) is 5.52. The molecule has 0 saturated heterocycles. The summed E-state index contributed by atoms with van der Waals surface area (Å²) in [5.74, 6) is -1.08. The molecule has 0 radical (unpaired) electrons. The fraction of sp³-hybridized carbons (Fsp3) is 0.217. The van der Waals surface area contributed by atoms with Gasteiger partial charge in [-0.2, -0.15) is 13.2 Å². The van der Waals surface area contributed by atoms with Gasteiger partial charge in [0.15, 0.2) is 0 Å². The minimum absolute atomic E-state index is 0.144. The van der Waals surface area contributed by atoms with Crippen molar-refractivity contribution < 1.29 is 49.0 Å². The van der Waals surface area contributed by atoms with Crippen molar-refractivity contribution in [2.75, 3.05) is 11.9 Å². The molecule has 186 valence electrons. The molecule has 1 aliphatic heterocycles. The molecule has 4 rings (SSSR count). The van der Waals surface area contributed by atoms with Crippen LogP contribution in [0.25, 0.3) is 0 Å². The molecule has 0 unspecified atom stereocenters. The van der Waals surface area contributed by atoms with E-state index in [1.165, 1.54) is 36.4 Å². The third-order valence-corrected chi connectivity index (χ3v) is 5.52. The third kappa shape index (κ3) is 4.96. The first-order valence-electron chi connectivity index (χ1n) is 9.86. The fourth-order valence-electron chi connectivity index (χ4n) is 4.21. The summed E-state index contributed by atoms with van der Waals surface area (Å²) in [5, 5.41) is 2.73. The number of halogens is 9. The summed E-state index contributed by atoms with van der Waals surface area (Å²) in [6.45, 7) is -0.144. The lowest BCUT2D eigenvalue weighted by Gasteiger charge is -2.31. The fourth-order valence-corrected chi connectivity index (χ4v) is 4.21. The Labute approximate surface area is 192 Å². The lowest BCUT2D eigenvalue weighted by Crippen LogP contribution is -2.31. The summed E-state index contributed by atoms with van der Waals surface area (Å²) in [7, 11) is 0. The molecule has 3 aromatic carbocycles. The van der Waals surface area contributed by atoms with Crippen LogP contribution in [0.3, 0.4) is 0 Å². The topological polar surface area (TPSA) is 30.5 Å². The van der Waals surface area contributed by atoms with Crippen molar-refractivity contribution in [3.8, 4) is 11.5 Å². The van der Waals surface area contributed by atoms with Gasteiger partial charge in [-0.15, -0.1) is 26.3 Å². The molecule has 0 aromatic heterocycles. The summed E-state index contributed by atoms with van der Waals surface area (Å²) >= 11 is 0. The number of alkyl halides is 9. The quantitative estimate of drug-likeness (QED) is 0.377. The summed E-state index contributed by atoms with van der Waals surface area (Å²) < 4.78 is 124. The Bertz CT molecular complexity index is 1140. The van der Waals surface area contributed by atoms with Gasteiger partial charge in [-0.05, 0) is 47.0 Å². The highest BCUT2D eigenvalue weighted by atomic mass is 19.4. The van der Waals surface area contributed by atoms with Gasteiger partial charge in [0.2, 0.25) is 0 Å². The van der Waals surface area contributed by atoms with E-state index < -0.39 is 41.4 Å². The summed E-state index contributed by atoms with van der Waals surface area (Å²) in [4.78, 5) is 0. The molecule has 0 amide bonds. The van der Waals surface area contributed by atoms with Gasteiger partial charge in [0.25, 0.3) is 0 Å². The molecular weight excluding hydrogens is 493 g/mol. The van der Waals surface area contributed by atoms with Crippen LogP contribution in [0.5, 0.6) is 11.5 Å². The molecule has 1 aliphatic rings. The van der Waals surface area contributed by atoms with Crippen molar-refractivity contribution in [3.05, 3.63) is 89.0 Å². The van der Waals surface area contributed by atoms with Crippen LogP contribution in [0, 0.1) is 0 Å². The number of hydrogen-bond donors (Lipinski definition) is 1.